The molecule has 2 fully saturated rings. The highest BCUT2D eigenvalue weighted by Crippen LogP contribution is 2.36. The molecule has 2 aliphatic rings. The average molecular weight is 533 g/mol. The van der Waals surface area contributed by atoms with E-state index in [2.05, 4.69) is 34.9 Å². The standard InChI is InChI=1S/C29H32N4O2S2/c1-3-30-16-18-31(19-17-30)26-22-12-8-9-13-24(22)32(4-2)27(34)23(26)20-25-28(35)33(29(36)37-25)15-14-21-10-6-5-7-11-21/h5-13,20H,3-4,14-19H2,1-2H3. The Hall–Kier alpha value is -2.94. The van der Waals surface area contributed by atoms with Gasteiger partial charge in [0.15, 0.2) is 0 Å². The van der Waals surface area contributed by atoms with Crippen LogP contribution in [-0.2, 0) is 17.8 Å². The van der Waals surface area contributed by atoms with Gasteiger partial charge in [0.05, 0.1) is 21.7 Å². The highest BCUT2D eigenvalue weighted by molar-refractivity contribution is 8.26. The van der Waals surface area contributed by atoms with Crippen molar-refractivity contribution in [3.8, 4) is 0 Å². The number of rotatable bonds is 7. The summed E-state index contributed by atoms with van der Waals surface area (Å²) in [6, 6.07) is 18.2. The third-order valence-corrected chi connectivity index (χ3v) is 8.63. The van der Waals surface area contributed by atoms with E-state index in [1.165, 1.54) is 11.8 Å². The van der Waals surface area contributed by atoms with Crippen LogP contribution < -0.4 is 10.5 Å². The zero-order chi connectivity index (χ0) is 25.9. The number of piperazine rings is 1. The summed E-state index contributed by atoms with van der Waals surface area (Å²) in [7, 11) is 0. The Morgan fingerprint density at radius 3 is 2.32 bits per heavy atom. The Bertz CT molecular complexity index is 1410. The second kappa shape index (κ2) is 11.2. The molecule has 0 spiro atoms. The number of para-hydroxylation sites is 1. The van der Waals surface area contributed by atoms with E-state index in [1.807, 2.05) is 47.9 Å². The van der Waals surface area contributed by atoms with E-state index in [0.717, 1.165) is 61.3 Å². The number of benzene rings is 2. The molecule has 2 aliphatic heterocycles. The van der Waals surface area contributed by atoms with Crippen LogP contribution in [0, 0.1) is 0 Å². The Kier molecular flexibility index (Phi) is 7.79. The van der Waals surface area contributed by atoms with Gasteiger partial charge in [-0.15, -0.1) is 0 Å². The van der Waals surface area contributed by atoms with Gasteiger partial charge in [-0.3, -0.25) is 14.5 Å². The molecule has 6 nitrogen and oxygen atoms in total. The topological polar surface area (TPSA) is 48.8 Å². The molecule has 0 bridgehead atoms. The highest BCUT2D eigenvalue weighted by atomic mass is 32.2. The smallest absolute Gasteiger partial charge is 0.266 e. The van der Waals surface area contributed by atoms with Crippen LogP contribution in [0.4, 0.5) is 5.69 Å². The molecule has 192 valence electrons. The zero-order valence-electron chi connectivity index (χ0n) is 21.4. The molecule has 0 saturated carbocycles. The molecule has 1 aromatic heterocycles. The lowest BCUT2D eigenvalue weighted by Gasteiger charge is -2.37. The molecular weight excluding hydrogens is 500 g/mol. The van der Waals surface area contributed by atoms with E-state index in [9.17, 15) is 9.59 Å². The van der Waals surface area contributed by atoms with Crippen molar-refractivity contribution in [2.75, 3.05) is 44.2 Å². The van der Waals surface area contributed by atoms with E-state index in [-0.39, 0.29) is 11.5 Å². The number of thioether (sulfide) groups is 1. The third-order valence-electron chi connectivity index (χ3n) is 7.25. The summed E-state index contributed by atoms with van der Waals surface area (Å²) in [6.07, 6.45) is 2.52. The summed E-state index contributed by atoms with van der Waals surface area (Å²) in [6.45, 7) is 9.84. The molecular formula is C29H32N4O2S2. The van der Waals surface area contributed by atoms with Crippen molar-refractivity contribution in [2.45, 2.75) is 26.8 Å². The first-order valence-electron chi connectivity index (χ1n) is 12.9. The number of carbonyl (C=O) groups excluding carboxylic acids is 1. The molecule has 0 aliphatic carbocycles. The minimum Gasteiger partial charge on any atom is -0.368 e. The minimum atomic E-state index is -0.122. The zero-order valence-corrected chi connectivity index (χ0v) is 23.0. The van der Waals surface area contributed by atoms with Crippen molar-refractivity contribution >= 4 is 56.9 Å². The maximum atomic E-state index is 13.9. The van der Waals surface area contributed by atoms with Gasteiger partial charge in [-0.2, -0.15) is 0 Å². The van der Waals surface area contributed by atoms with Crippen molar-refractivity contribution in [3.05, 3.63) is 81.0 Å². The molecule has 0 unspecified atom stereocenters. The number of anilines is 1. The fourth-order valence-corrected chi connectivity index (χ4v) is 6.48. The number of carbonyl (C=O) groups is 1. The quantitative estimate of drug-likeness (QED) is 0.327. The molecule has 1 amide bonds. The number of likely N-dealkylation sites (N-methyl/N-ethyl adjacent to an activating group) is 1. The SMILES string of the molecule is CCN1CCN(c2c(C=C3SC(=S)N(CCc4ccccc4)C3=O)c(=O)n(CC)c3ccccc23)CC1. The fourth-order valence-electron chi connectivity index (χ4n) is 5.19. The van der Waals surface area contributed by atoms with Gasteiger partial charge in [0.2, 0.25) is 0 Å². The minimum absolute atomic E-state index is 0.0660. The molecule has 2 saturated heterocycles. The molecule has 0 N–H and O–H groups in total. The largest absolute Gasteiger partial charge is 0.368 e. The molecule has 8 heteroatoms. The molecule has 3 aromatic rings. The van der Waals surface area contributed by atoms with Crippen LogP contribution in [0.2, 0.25) is 0 Å². The van der Waals surface area contributed by atoms with Gasteiger partial charge in [0.25, 0.3) is 11.5 Å². The van der Waals surface area contributed by atoms with E-state index in [4.69, 9.17) is 12.2 Å². The lowest BCUT2D eigenvalue weighted by Crippen LogP contribution is -2.47. The van der Waals surface area contributed by atoms with Gasteiger partial charge in [0, 0.05) is 44.7 Å². The fraction of sp³-hybridized carbons (Fsp3) is 0.345. The Balaban J connectivity index is 1.55. The first kappa shape index (κ1) is 25.7. The van der Waals surface area contributed by atoms with Gasteiger partial charge >= 0.3 is 0 Å². The van der Waals surface area contributed by atoms with E-state index in [1.54, 1.807) is 11.0 Å². The second-order valence-corrected chi connectivity index (χ2v) is 11.0. The summed E-state index contributed by atoms with van der Waals surface area (Å²) >= 11 is 6.89. The van der Waals surface area contributed by atoms with Crippen LogP contribution in [0.3, 0.4) is 0 Å². The number of hydrogen-bond acceptors (Lipinski definition) is 6. The molecule has 3 heterocycles. The predicted octanol–water partition coefficient (Wildman–Crippen LogP) is 4.61. The Morgan fingerprint density at radius 1 is 0.919 bits per heavy atom. The normalized spacial score (nSPS) is 17.9. The van der Waals surface area contributed by atoms with E-state index < -0.39 is 0 Å². The molecule has 37 heavy (non-hydrogen) atoms. The van der Waals surface area contributed by atoms with Crippen LogP contribution in [0.15, 0.2) is 64.3 Å². The number of pyridine rings is 1. The summed E-state index contributed by atoms with van der Waals surface area (Å²) < 4.78 is 2.35. The van der Waals surface area contributed by atoms with Crippen LogP contribution >= 0.6 is 24.0 Å². The lowest BCUT2D eigenvalue weighted by atomic mass is 10.0. The lowest BCUT2D eigenvalue weighted by molar-refractivity contribution is -0.122. The summed E-state index contributed by atoms with van der Waals surface area (Å²) in [4.78, 5) is 34.3. The van der Waals surface area contributed by atoms with Crippen molar-refractivity contribution in [2.24, 2.45) is 0 Å². The third kappa shape index (κ3) is 5.10. The number of amides is 1. The number of nitrogens with zero attached hydrogens (tertiary/aromatic N) is 4. The van der Waals surface area contributed by atoms with Gasteiger partial charge in [-0.05, 0) is 37.6 Å². The molecule has 0 atom stereocenters. The monoisotopic (exact) mass is 532 g/mol. The maximum absolute atomic E-state index is 13.9. The van der Waals surface area contributed by atoms with Gasteiger partial charge in [0.1, 0.15) is 4.32 Å². The maximum Gasteiger partial charge on any atom is 0.266 e. The number of aryl methyl sites for hydroxylation is 1. The van der Waals surface area contributed by atoms with Crippen molar-refractivity contribution < 1.29 is 4.79 Å². The first-order valence-corrected chi connectivity index (χ1v) is 14.2. The first-order chi connectivity index (χ1) is 18.0. The van der Waals surface area contributed by atoms with E-state index >= 15 is 0 Å². The highest BCUT2D eigenvalue weighted by Gasteiger charge is 2.33. The van der Waals surface area contributed by atoms with Crippen LogP contribution in [0.5, 0.6) is 0 Å². The van der Waals surface area contributed by atoms with Crippen LogP contribution in [0.25, 0.3) is 17.0 Å². The summed E-state index contributed by atoms with van der Waals surface area (Å²) in [5.41, 5.74) is 3.53. The Morgan fingerprint density at radius 2 is 1.62 bits per heavy atom. The molecule has 5 rings (SSSR count). The average Bonchev–Trinajstić information content (AvgIpc) is 3.20. The van der Waals surface area contributed by atoms with Crippen LogP contribution in [0.1, 0.15) is 25.0 Å². The molecule has 2 aromatic carbocycles. The molecule has 0 radical (unpaired) electrons. The van der Waals surface area contributed by atoms with Gasteiger partial charge in [-0.1, -0.05) is 79.4 Å². The number of thiocarbonyl (C=S) groups is 1. The summed E-state index contributed by atoms with van der Waals surface area (Å²) in [5, 5.41) is 1.04. The number of hydrogen-bond donors (Lipinski definition) is 0. The summed E-state index contributed by atoms with van der Waals surface area (Å²) in [5.74, 6) is -0.122. The number of fused-ring (bicyclic) bond motifs is 1. The van der Waals surface area contributed by atoms with Crippen molar-refractivity contribution in [1.82, 2.24) is 14.4 Å². The second-order valence-electron chi connectivity index (χ2n) is 9.32. The predicted molar refractivity (Wildman–Crippen MR) is 158 cm³/mol. The van der Waals surface area contributed by atoms with Crippen LogP contribution in [-0.4, -0.2) is 63.9 Å². The van der Waals surface area contributed by atoms with Gasteiger partial charge < -0.3 is 14.4 Å². The Labute approximate surface area is 227 Å². The van der Waals surface area contributed by atoms with Gasteiger partial charge in [-0.25, -0.2) is 0 Å². The van der Waals surface area contributed by atoms with E-state index in [0.29, 0.717) is 27.9 Å². The van der Waals surface area contributed by atoms with Crippen molar-refractivity contribution in [3.63, 3.8) is 0 Å². The number of aromatic nitrogens is 1. The van der Waals surface area contributed by atoms with Crippen molar-refractivity contribution in [1.29, 1.82) is 0 Å².